The highest BCUT2D eigenvalue weighted by Crippen LogP contribution is 2.51. The molecule has 3 atom stereocenters. The lowest BCUT2D eigenvalue weighted by molar-refractivity contribution is -0.384. The second kappa shape index (κ2) is 5.64. The third-order valence-corrected chi connectivity index (χ3v) is 5.58. The number of fused-ring (bicyclic) bond motifs is 3. The fourth-order valence-electron chi connectivity index (χ4n) is 3.95. The van der Waals surface area contributed by atoms with Crippen LogP contribution in [0.25, 0.3) is 0 Å². The van der Waals surface area contributed by atoms with Crippen LogP contribution in [0.5, 0.6) is 0 Å². The van der Waals surface area contributed by atoms with Crippen LogP contribution < -0.4 is 5.32 Å². The van der Waals surface area contributed by atoms with E-state index in [9.17, 15) is 10.1 Å². The zero-order valence-electron chi connectivity index (χ0n) is 13.2. The van der Waals surface area contributed by atoms with Crippen molar-refractivity contribution in [2.75, 3.05) is 5.32 Å². The van der Waals surface area contributed by atoms with Gasteiger partial charge in [-0.2, -0.15) is 0 Å². The maximum absolute atomic E-state index is 11.1. The fourth-order valence-corrected chi connectivity index (χ4v) is 4.11. The number of hydrogen-bond donors (Lipinski definition) is 1. The number of anilines is 1. The highest BCUT2D eigenvalue weighted by Gasteiger charge is 2.38. The van der Waals surface area contributed by atoms with Gasteiger partial charge in [-0.1, -0.05) is 42.0 Å². The fraction of sp³-hybridized carbons (Fsp3) is 0.263. The summed E-state index contributed by atoms with van der Waals surface area (Å²) in [6.07, 6.45) is 5.43. The minimum Gasteiger partial charge on any atom is -0.377 e. The van der Waals surface area contributed by atoms with Gasteiger partial charge in [0.15, 0.2) is 0 Å². The summed E-state index contributed by atoms with van der Waals surface area (Å²) in [5.41, 5.74) is 4.44. The number of allylic oxidation sites excluding steroid dienone is 2. The molecule has 0 bridgehead atoms. The number of non-ortho nitro benzene ring substituents is 1. The van der Waals surface area contributed by atoms with E-state index in [2.05, 4.69) is 23.5 Å². The van der Waals surface area contributed by atoms with Crippen molar-refractivity contribution in [1.29, 1.82) is 0 Å². The Morgan fingerprint density at radius 3 is 2.92 bits per heavy atom. The van der Waals surface area contributed by atoms with Gasteiger partial charge in [-0.15, -0.1) is 0 Å². The van der Waals surface area contributed by atoms with Crippen LogP contribution in [0.15, 0.2) is 48.6 Å². The van der Waals surface area contributed by atoms with Gasteiger partial charge in [-0.05, 0) is 42.0 Å². The van der Waals surface area contributed by atoms with Gasteiger partial charge in [0.05, 0.1) is 11.0 Å². The molecule has 0 fully saturated rings. The molecule has 0 spiro atoms. The van der Waals surface area contributed by atoms with E-state index in [0.717, 1.165) is 28.3 Å². The molecule has 0 saturated heterocycles. The van der Waals surface area contributed by atoms with Gasteiger partial charge in [-0.25, -0.2) is 0 Å². The van der Waals surface area contributed by atoms with Gasteiger partial charge in [0.2, 0.25) is 0 Å². The number of benzene rings is 2. The van der Waals surface area contributed by atoms with Crippen molar-refractivity contribution in [2.24, 2.45) is 5.92 Å². The average molecular weight is 341 g/mol. The van der Waals surface area contributed by atoms with E-state index < -0.39 is 0 Å². The summed E-state index contributed by atoms with van der Waals surface area (Å²) in [5.74, 6) is 0.682. The summed E-state index contributed by atoms with van der Waals surface area (Å²) in [7, 11) is 0. The number of hydrogen-bond acceptors (Lipinski definition) is 3. The van der Waals surface area contributed by atoms with E-state index >= 15 is 0 Å². The molecule has 0 unspecified atom stereocenters. The number of rotatable bonds is 2. The lowest BCUT2D eigenvalue weighted by Crippen LogP contribution is -2.29. The second-order valence-corrected chi connectivity index (χ2v) is 6.87. The summed E-state index contributed by atoms with van der Waals surface area (Å²) in [6, 6.07) is 11.0. The van der Waals surface area contributed by atoms with Crippen molar-refractivity contribution in [2.45, 2.75) is 25.3 Å². The lowest BCUT2D eigenvalue weighted by atomic mass is 9.76. The molecular formula is C19H17ClN2O2. The molecule has 1 N–H and O–H groups in total. The Morgan fingerprint density at radius 1 is 1.29 bits per heavy atom. The molecule has 2 aromatic rings. The maximum atomic E-state index is 11.1. The van der Waals surface area contributed by atoms with Crippen LogP contribution in [0.4, 0.5) is 11.4 Å². The molecule has 4 rings (SSSR count). The normalized spacial score (nSPS) is 24.2. The maximum Gasteiger partial charge on any atom is 0.269 e. The molecule has 0 amide bonds. The van der Waals surface area contributed by atoms with E-state index in [1.54, 1.807) is 12.1 Å². The molecule has 2 aliphatic rings. The van der Waals surface area contributed by atoms with Gasteiger partial charge in [-0.3, -0.25) is 10.1 Å². The standard InChI is InChI=1S/C19H17ClN2O2/c1-11-17(20)9-8-16-14-6-3-7-15(14)19(21-18(11)16)12-4-2-5-13(10-12)22(23)24/h2-6,8-10,14-15,19,21H,7H2,1H3/t14-,15-,19+/m0/s1. The number of nitro groups is 1. The Balaban J connectivity index is 1.82. The number of nitro benzene ring substituents is 1. The quantitative estimate of drug-likeness (QED) is 0.453. The lowest BCUT2D eigenvalue weighted by Gasteiger charge is -2.38. The average Bonchev–Trinajstić information content (AvgIpc) is 3.07. The Morgan fingerprint density at radius 2 is 2.12 bits per heavy atom. The second-order valence-electron chi connectivity index (χ2n) is 6.46. The third-order valence-electron chi connectivity index (χ3n) is 5.17. The van der Waals surface area contributed by atoms with Crippen LogP contribution in [0.3, 0.4) is 0 Å². The van der Waals surface area contributed by atoms with E-state index in [1.807, 2.05) is 19.1 Å². The summed E-state index contributed by atoms with van der Waals surface area (Å²) in [4.78, 5) is 10.8. The predicted molar refractivity (Wildman–Crippen MR) is 95.6 cm³/mol. The van der Waals surface area contributed by atoms with E-state index in [-0.39, 0.29) is 16.7 Å². The zero-order valence-corrected chi connectivity index (χ0v) is 14.0. The Labute approximate surface area is 145 Å². The van der Waals surface area contributed by atoms with E-state index in [4.69, 9.17) is 11.6 Å². The molecule has 1 aliphatic heterocycles. The van der Waals surface area contributed by atoms with Crippen molar-refractivity contribution in [3.05, 3.63) is 80.4 Å². The SMILES string of the molecule is Cc1c(Cl)ccc2c1N[C@H](c1cccc([N+](=O)[O-])c1)[C@H]1CC=C[C@H]21. The van der Waals surface area contributed by atoms with Crippen LogP contribution in [0, 0.1) is 23.0 Å². The van der Waals surface area contributed by atoms with Gasteiger partial charge in [0, 0.05) is 28.8 Å². The van der Waals surface area contributed by atoms with Crippen molar-refractivity contribution < 1.29 is 4.92 Å². The Kier molecular flexibility index (Phi) is 3.57. The molecule has 0 saturated carbocycles. The first-order valence-electron chi connectivity index (χ1n) is 8.03. The summed E-state index contributed by atoms with van der Waals surface area (Å²) in [6.45, 7) is 2.01. The van der Waals surface area contributed by atoms with E-state index in [1.165, 1.54) is 11.6 Å². The third kappa shape index (κ3) is 2.29. The monoisotopic (exact) mass is 340 g/mol. The number of halogens is 1. The van der Waals surface area contributed by atoms with Crippen LogP contribution in [0.1, 0.15) is 35.1 Å². The number of nitrogens with one attached hydrogen (secondary N) is 1. The van der Waals surface area contributed by atoms with Crippen LogP contribution in [-0.4, -0.2) is 4.92 Å². The first kappa shape index (κ1) is 15.2. The Hall–Kier alpha value is -2.33. The topological polar surface area (TPSA) is 55.2 Å². The minimum absolute atomic E-state index is 0.0366. The number of nitrogens with zero attached hydrogens (tertiary/aromatic N) is 1. The summed E-state index contributed by atoms with van der Waals surface area (Å²) in [5, 5.41) is 15.5. The molecule has 1 heterocycles. The van der Waals surface area contributed by atoms with Crippen LogP contribution in [0.2, 0.25) is 5.02 Å². The molecule has 2 aromatic carbocycles. The summed E-state index contributed by atoms with van der Waals surface area (Å²) >= 11 is 6.30. The first-order valence-corrected chi connectivity index (χ1v) is 8.40. The minimum atomic E-state index is -0.341. The van der Waals surface area contributed by atoms with E-state index in [0.29, 0.717) is 11.8 Å². The predicted octanol–water partition coefficient (Wildman–Crippen LogP) is 5.38. The summed E-state index contributed by atoms with van der Waals surface area (Å²) < 4.78 is 0. The highest BCUT2D eigenvalue weighted by molar-refractivity contribution is 6.31. The smallest absolute Gasteiger partial charge is 0.269 e. The molecule has 1 aliphatic carbocycles. The highest BCUT2D eigenvalue weighted by atomic mass is 35.5. The van der Waals surface area contributed by atoms with Crippen molar-refractivity contribution in [1.82, 2.24) is 0 Å². The first-order chi connectivity index (χ1) is 11.6. The Bertz CT molecular complexity index is 862. The van der Waals surface area contributed by atoms with Crippen molar-refractivity contribution in [3.63, 3.8) is 0 Å². The van der Waals surface area contributed by atoms with Gasteiger partial charge < -0.3 is 5.32 Å². The van der Waals surface area contributed by atoms with Crippen LogP contribution >= 0.6 is 11.6 Å². The van der Waals surface area contributed by atoms with Crippen molar-refractivity contribution in [3.8, 4) is 0 Å². The van der Waals surface area contributed by atoms with Gasteiger partial charge in [0.25, 0.3) is 5.69 Å². The van der Waals surface area contributed by atoms with Crippen LogP contribution in [-0.2, 0) is 0 Å². The zero-order chi connectivity index (χ0) is 16.8. The largest absolute Gasteiger partial charge is 0.377 e. The molecule has 4 nitrogen and oxygen atoms in total. The molecule has 0 radical (unpaired) electrons. The van der Waals surface area contributed by atoms with Crippen molar-refractivity contribution >= 4 is 23.0 Å². The van der Waals surface area contributed by atoms with Gasteiger partial charge >= 0.3 is 0 Å². The van der Waals surface area contributed by atoms with Gasteiger partial charge in [0.1, 0.15) is 0 Å². The molecule has 5 heteroatoms. The molecular weight excluding hydrogens is 324 g/mol. The molecule has 0 aromatic heterocycles. The molecule has 24 heavy (non-hydrogen) atoms. The molecule has 122 valence electrons.